The average molecular weight is 598 g/mol. The van der Waals surface area contributed by atoms with Gasteiger partial charge in [-0.25, -0.2) is 0 Å². The van der Waals surface area contributed by atoms with E-state index in [0.717, 1.165) is 12.8 Å². The molecule has 4 rings (SSSR count). The van der Waals surface area contributed by atoms with Crippen molar-refractivity contribution >= 4 is 35.2 Å². The molecule has 1 N–H and O–H groups in total. The summed E-state index contributed by atoms with van der Waals surface area (Å²) in [6.45, 7) is 17.0. The fourth-order valence-corrected chi connectivity index (χ4v) is 9.84. The summed E-state index contributed by atoms with van der Waals surface area (Å²) in [5.74, 6) is -0.764. The number of anilines is 1. The van der Waals surface area contributed by atoms with Crippen molar-refractivity contribution in [3.8, 4) is 5.75 Å². The first kappa shape index (κ1) is 32.1. The molecule has 8 nitrogen and oxygen atoms in total. The van der Waals surface area contributed by atoms with E-state index in [1.165, 1.54) is 0 Å². The maximum absolute atomic E-state index is 14.8. The normalized spacial score (nSPS) is 28.5. The molecule has 1 aromatic rings. The number of nitrogens with zero attached hydrogens (tertiary/aromatic N) is 3. The van der Waals surface area contributed by atoms with Crippen molar-refractivity contribution in [3.05, 3.63) is 49.6 Å². The summed E-state index contributed by atoms with van der Waals surface area (Å²) in [7, 11) is 1.59. The van der Waals surface area contributed by atoms with Crippen LogP contribution in [0.4, 0.5) is 5.69 Å². The second-order valence-electron chi connectivity index (χ2n) is 12.4. The number of hydrogen-bond donors (Lipinski definition) is 1. The molecule has 2 bridgehead atoms. The van der Waals surface area contributed by atoms with Crippen molar-refractivity contribution < 1.29 is 24.2 Å². The van der Waals surface area contributed by atoms with Gasteiger partial charge in [0, 0.05) is 30.1 Å². The molecule has 3 aliphatic rings. The summed E-state index contributed by atoms with van der Waals surface area (Å²) in [6.07, 6.45) is 6.15. The molecule has 1 aromatic carbocycles. The highest BCUT2D eigenvalue weighted by molar-refractivity contribution is 8.02. The number of benzene rings is 1. The Morgan fingerprint density at radius 1 is 1.17 bits per heavy atom. The van der Waals surface area contributed by atoms with Crippen LogP contribution in [-0.2, 0) is 14.4 Å². The molecule has 3 fully saturated rings. The van der Waals surface area contributed by atoms with Gasteiger partial charge >= 0.3 is 0 Å². The van der Waals surface area contributed by atoms with Crippen molar-refractivity contribution in [3.63, 3.8) is 0 Å². The summed E-state index contributed by atoms with van der Waals surface area (Å²) in [6, 6.07) is 5.92. The van der Waals surface area contributed by atoms with Crippen LogP contribution in [0, 0.1) is 17.8 Å². The van der Waals surface area contributed by atoms with Crippen LogP contribution >= 0.6 is 11.8 Å². The van der Waals surface area contributed by atoms with E-state index in [1.54, 1.807) is 53.0 Å². The molecule has 9 heteroatoms. The van der Waals surface area contributed by atoms with Crippen molar-refractivity contribution in [2.45, 2.75) is 75.0 Å². The summed E-state index contributed by atoms with van der Waals surface area (Å²) in [5.41, 5.74) is 0.675. The molecule has 3 heterocycles. The number of rotatable bonds is 14. The van der Waals surface area contributed by atoms with Crippen LogP contribution in [0.5, 0.6) is 5.75 Å². The minimum atomic E-state index is -0.823. The van der Waals surface area contributed by atoms with Crippen LogP contribution in [0.25, 0.3) is 0 Å². The van der Waals surface area contributed by atoms with Crippen molar-refractivity contribution in [1.29, 1.82) is 0 Å². The van der Waals surface area contributed by atoms with Crippen molar-refractivity contribution in [1.82, 2.24) is 9.80 Å². The molecular formula is C33H47N3O5S. The van der Waals surface area contributed by atoms with Gasteiger partial charge in [0.25, 0.3) is 5.91 Å². The van der Waals surface area contributed by atoms with E-state index < -0.39 is 33.4 Å². The maximum Gasteiger partial charge on any atom is 0.251 e. The number of amides is 3. The number of likely N-dealkylation sites (tertiary alicyclic amines) is 1. The Morgan fingerprint density at radius 3 is 2.38 bits per heavy atom. The van der Waals surface area contributed by atoms with E-state index in [2.05, 4.69) is 20.1 Å². The van der Waals surface area contributed by atoms with Gasteiger partial charge in [-0.05, 0) is 62.8 Å². The Labute approximate surface area is 255 Å². The van der Waals surface area contributed by atoms with Crippen LogP contribution < -0.4 is 9.64 Å². The average Bonchev–Trinajstić information content (AvgIpc) is 3.54. The highest BCUT2D eigenvalue weighted by Gasteiger charge is 2.78. The minimum Gasteiger partial charge on any atom is -0.497 e. The molecule has 3 amide bonds. The second kappa shape index (κ2) is 12.8. The molecule has 1 spiro atoms. The summed E-state index contributed by atoms with van der Waals surface area (Å²) in [4.78, 5) is 48.9. The lowest BCUT2D eigenvalue weighted by atomic mass is 9.66. The number of carbonyl (C=O) groups excluding carboxylic acids is 3. The van der Waals surface area contributed by atoms with E-state index in [1.807, 2.05) is 37.8 Å². The lowest BCUT2D eigenvalue weighted by Gasteiger charge is -2.40. The lowest BCUT2D eigenvalue weighted by molar-refractivity contribution is -0.146. The molecule has 3 aliphatic heterocycles. The highest BCUT2D eigenvalue weighted by atomic mass is 32.2. The number of aliphatic hydroxyl groups excluding tert-OH is 1. The first-order valence-corrected chi connectivity index (χ1v) is 15.9. The number of hydrogen-bond acceptors (Lipinski definition) is 6. The predicted molar refractivity (Wildman–Crippen MR) is 169 cm³/mol. The highest BCUT2D eigenvalue weighted by Crippen LogP contribution is 2.72. The van der Waals surface area contributed by atoms with E-state index >= 15 is 0 Å². The largest absolute Gasteiger partial charge is 0.497 e. The number of ether oxygens (including phenoxy) is 1. The molecule has 3 saturated heterocycles. The first-order chi connectivity index (χ1) is 20.0. The number of aliphatic hydroxyl groups is 1. The number of fused-ring (bicyclic) bond motifs is 1. The lowest BCUT2D eigenvalue weighted by Crippen LogP contribution is -2.58. The zero-order valence-corrected chi connectivity index (χ0v) is 26.6. The van der Waals surface area contributed by atoms with Crippen LogP contribution in [-0.4, -0.2) is 87.6 Å². The Balaban J connectivity index is 1.85. The molecule has 42 heavy (non-hydrogen) atoms. The molecule has 0 aliphatic carbocycles. The summed E-state index contributed by atoms with van der Waals surface area (Å²) >= 11 is 1.66. The standard InChI is InChI=1S/C33H47N3O5S/c1-8-17-34(18-9-2)29(38)26-27-30(39)36(24(21-37)20-22(4)5)28(33(27)16-15-32(26,6)42-33)31(40)35(19-10-3)23-11-13-25(41-7)14-12-23/h8,10-14,22,24,26-28,37H,1,3,9,15-21H2,2,4-7H3/t24-,26+,27+,28?,32-,33?/m1/s1. The number of thioether (sulfide) groups is 1. The molecule has 230 valence electrons. The molecule has 0 aromatic heterocycles. The van der Waals surface area contributed by atoms with Gasteiger partial charge in [-0.1, -0.05) is 32.9 Å². The summed E-state index contributed by atoms with van der Waals surface area (Å²) < 4.78 is 4.09. The minimum absolute atomic E-state index is 0.0396. The van der Waals surface area contributed by atoms with Crippen LogP contribution in [0.1, 0.15) is 53.4 Å². The molecule has 2 unspecified atom stereocenters. The predicted octanol–water partition coefficient (Wildman–Crippen LogP) is 4.53. The van der Waals surface area contributed by atoms with Gasteiger partial charge in [0.05, 0.1) is 36.3 Å². The third-order valence-corrected chi connectivity index (χ3v) is 11.2. The van der Waals surface area contributed by atoms with Gasteiger partial charge in [0.1, 0.15) is 11.8 Å². The van der Waals surface area contributed by atoms with Gasteiger partial charge in [-0.15, -0.1) is 24.9 Å². The van der Waals surface area contributed by atoms with E-state index in [4.69, 9.17) is 4.74 Å². The zero-order valence-electron chi connectivity index (χ0n) is 25.8. The Kier molecular flexibility index (Phi) is 9.82. The van der Waals surface area contributed by atoms with E-state index in [9.17, 15) is 19.5 Å². The monoisotopic (exact) mass is 597 g/mol. The van der Waals surface area contributed by atoms with Gasteiger partial charge in [0.2, 0.25) is 11.8 Å². The van der Waals surface area contributed by atoms with Crippen LogP contribution in [0.3, 0.4) is 0 Å². The topological polar surface area (TPSA) is 90.4 Å². The quantitative estimate of drug-likeness (QED) is 0.317. The molecule has 0 radical (unpaired) electrons. The van der Waals surface area contributed by atoms with Crippen molar-refractivity contribution in [2.75, 3.05) is 38.3 Å². The van der Waals surface area contributed by atoms with Gasteiger partial charge in [-0.2, -0.15) is 0 Å². The second-order valence-corrected chi connectivity index (χ2v) is 14.3. The van der Waals surface area contributed by atoms with Crippen LogP contribution in [0.15, 0.2) is 49.6 Å². The van der Waals surface area contributed by atoms with Crippen LogP contribution in [0.2, 0.25) is 0 Å². The maximum atomic E-state index is 14.8. The third-order valence-electron chi connectivity index (χ3n) is 9.18. The Bertz CT molecular complexity index is 1190. The van der Waals surface area contributed by atoms with Crippen molar-refractivity contribution in [2.24, 2.45) is 17.8 Å². The number of carbonyl (C=O) groups is 3. The molecule has 0 saturated carbocycles. The number of methoxy groups -OCH3 is 1. The van der Waals surface area contributed by atoms with Gasteiger partial charge in [0.15, 0.2) is 0 Å². The fourth-order valence-electron chi connectivity index (χ4n) is 7.51. The van der Waals surface area contributed by atoms with E-state index in [0.29, 0.717) is 37.4 Å². The smallest absolute Gasteiger partial charge is 0.251 e. The van der Waals surface area contributed by atoms with Gasteiger partial charge < -0.3 is 24.5 Å². The molecule has 6 atom stereocenters. The first-order valence-electron chi connectivity index (χ1n) is 15.1. The van der Waals surface area contributed by atoms with E-state index in [-0.39, 0.29) is 36.8 Å². The Hall–Kier alpha value is -2.78. The fraction of sp³-hybridized carbons (Fsp3) is 0.606. The zero-order chi connectivity index (χ0) is 30.8. The summed E-state index contributed by atoms with van der Waals surface area (Å²) in [5, 5.41) is 10.6. The Morgan fingerprint density at radius 2 is 1.83 bits per heavy atom. The third kappa shape index (κ3) is 5.39. The molecular weight excluding hydrogens is 550 g/mol. The van der Waals surface area contributed by atoms with Gasteiger partial charge in [-0.3, -0.25) is 14.4 Å². The SMILES string of the molecule is C=CCN(CCC)C(=O)[C@@H]1[C@H]2C(=O)N([C@@H](CO)CC(C)C)C(C(=O)N(CC=C)c3ccc(OC)cc3)C23CC[C@@]1(C)S3.